The fraction of sp³-hybridized carbons (Fsp3) is 1.00. The van der Waals surface area contributed by atoms with E-state index in [0.29, 0.717) is 5.41 Å². The Hall–Kier alpha value is -0.0400. The van der Waals surface area contributed by atoms with Crippen molar-refractivity contribution < 1.29 is 0 Å². The topological polar surface area (TPSA) is 12.0 Å². The molecule has 1 rings (SSSR count). The summed E-state index contributed by atoms with van der Waals surface area (Å²) in [5.74, 6) is 1.00. The van der Waals surface area contributed by atoms with Crippen molar-refractivity contribution in [1.82, 2.24) is 5.32 Å². The maximum Gasteiger partial charge on any atom is 0.00104 e. The molecule has 0 aromatic rings. The van der Waals surface area contributed by atoms with Gasteiger partial charge in [0.2, 0.25) is 0 Å². The molecular weight excluding hydrogens is 206 g/mol. The molecule has 0 bridgehead atoms. The van der Waals surface area contributed by atoms with Crippen molar-refractivity contribution in [2.24, 2.45) is 11.3 Å². The van der Waals surface area contributed by atoms with E-state index in [0.717, 1.165) is 5.92 Å². The van der Waals surface area contributed by atoms with E-state index < -0.39 is 0 Å². The van der Waals surface area contributed by atoms with E-state index in [-0.39, 0.29) is 0 Å². The third-order valence-corrected chi connectivity index (χ3v) is 4.86. The van der Waals surface area contributed by atoms with E-state index in [1.807, 2.05) is 0 Å². The van der Waals surface area contributed by atoms with Gasteiger partial charge in [0.25, 0.3) is 0 Å². The molecule has 1 unspecified atom stereocenters. The summed E-state index contributed by atoms with van der Waals surface area (Å²) >= 11 is 0. The van der Waals surface area contributed by atoms with Crippen molar-refractivity contribution in [1.29, 1.82) is 0 Å². The van der Waals surface area contributed by atoms with Crippen LogP contribution < -0.4 is 5.32 Å². The summed E-state index contributed by atoms with van der Waals surface area (Å²) in [4.78, 5) is 0. The summed E-state index contributed by atoms with van der Waals surface area (Å²) in [6.45, 7) is 9.47. The first-order valence-corrected chi connectivity index (χ1v) is 7.99. The van der Waals surface area contributed by atoms with Gasteiger partial charge in [-0.05, 0) is 50.0 Å². The lowest BCUT2D eigenvalue weighted by molar-refractivity contribution is 0.130. The molecule has 1 nitrogen and oxygen atoms in total. The average molecular weight is 239 g/mol. The van der Waals surface area contributed by atoms with Gasteiger partial charge in [0.15, 0.2) is 0 Å². The van der Waals surface area contributed by atoms with Gasteiger partial charge < -0.3 is 5.32 Å². The summed E-state index contributed by atoms with van der Waals surface area (Å²) in [5, 5.41) is 3.71. The van der Waals surface area contributed by atoms with Crippen LogP contribution in [0.25, 0.3) is 0 Å². The maximum absolute atomic E-state index is 3.71. The first-order chi connectivity index (χ1) is 8.29. The van der Waals surface area contributed by atoms with Gasteiger partial charge in [0.05, 0.1) is 0 Å². The minimum Gasteiger partial charge on any atom is -0.316 e. The van der Waals surface area contributed by atoms with Gasteiger partial charge in [0, 0.05) is 6.54 Å². The fourth-order valence-corrected chi connectivity index (χ4v) is 3.61. The van der Waals surface area contributed by atoms with Crippen LogP contribution in [0.5, 0.6) is 0 Å². The van der Waals surface area contributed by atoms with Gasteiger partial charge in [-0.1, -0.05) is 46.5 Å². The molecule has 1 N–H and O–H groups in total. The highest BCUT2D eigenvalue weighted by Crippen LogP contribution is 2.45. The van der Waals surface area contributed by atoms with Gasteiger partial charge in [-0.2, -0.15) is 0 Å². The van der Waals surface area contributed by atoms with Gasteiger partial charge in [0.1, 0.15) is 0 Å². The number of hydrogen-bond acceptors (Lipinski definition) is 1. The highest BCUT2D eigenvalue weighted by Gasteiger charge is 2.37. The number of rotatable bonds is 9. The van der Waals surface area contributed by atoms with Crippen LogP contribution in [0.4, 0.5) is 0 Å². The zero-order chi connectivity index (χ0) is 12.6. The molecule has 0 aromatic heterocycles. The maximum atomic E-state index is 3.71. The Morgan fingerprint density at radius 1 is 1.06 bits per heavy atom. The highest BCUT2D eigenvalue weighted by molar-refractivity contribution is 4.89. The van der Waals surface area contributed by atoms with Gasteiger partial charge in [-0.15, -0.1) is 0 Å². The van der Waals surface area contributed by atoms with Crippen LogP contribution in [-0.2, 0) is 0 Å². The second kappa shape index (κ2) is 8.13. The zero-order valence-electron chi connectivity index (χ0n) is 12.4. The van der Waals surface area contributed by atoms with Crippen molar-refractivity contribution in [2.45, 2.75) is 78.6 Å². The molecule has 0 saturated heterocycles. The second-order valence-corrected chi connectivity index (χ2v) is 5.98. The molecule has 1 saturated carbocycles. The second-order valence-electron chi connectivity index (χ2n) is 5.98. The van der Waals surface area contributed by atoms with Crippen LogP contribution in [-0.4, -0.2) is 13.1 Å². The highest BCUT2D eigenvalue weighted by atomic mass is 14.9. The van der Waals surface area contributed by atoms with E-state index >= 15 is 0 Å². The molecule has 0 heterocycles. The van der Waals surface area contributed by atoms with E-state index in [1.165, 1.54) is 70.9 Å². The van der Waals surface area contributed by atoms with Crippen molar-refractivity contribution in [2.75, 3.05) is 13.1 Å². The van der Waals surface area contributed by atoms with Gasteiger partial charge in [-0.3, -0.25) is 0 Å². The fourth-order valence-electron chi connectivity index (χ4n) is 3.61. The molecule has 1 heteroatoms. The molecule has 0 spiro atoms. The van der Waals surface area contributed by atoms with E-state index in [9.17, 15) is 0 Å². The quantitative estimate of drug-likeness (QED) is 0.572. The van der Waals surface area contributed by atoms with Crippen LogP contribution in [0.3, 0.4) is 0 Å². The lowest BCUT2D eigenvalue weighted by Gasteiger charge is -2.39. The molecular formula is C16H33N. The van der Waals surface area contributed by atoms with Crippen LogP contribution in [0.1, 0.15) is 78.6 Å². The molecule has 17 heavy (non-hydrogen) atoms. The molecule has 1 aliphatic carbocycles. The Kier molecular flexibility index (Phi) is 7.18. The van der Waals surface area contributed by atoms with Crippen molar-refractivity contribution >= 4 is 0 Å². The SMILES string of the molecule is CCCCC(CC)(CNCCC)C1CCCC1. The number of hydrogen-bond donors (Lipinski definition) is 1. The summed E-state index contributed by atoms with van der Waals surface area (Å²) < 4.78 is 0. The Bertz CT molecular complexity index is 184. The van der Waals surface area contributed by atoms with Crippen LogP contribution >= 0.6 is 0 Å². The molecule has 0 aromatic carbocycles. The predicted octanol–water partition coefficient (Wildman–Crippen LogP) is 4.76. The van der Waals surface area contributed by atoms with E-state index in [2.05, 4.69) is 26.1 Å². The number of unbranched alkanes of at least 4 members (excludes halogenated alkanes) is 1. The van der Waals surface area contributed by atoms with Gasteiger partial charge >= 0.3 is 0 Å². The summed E-state index contributed by atoms with van der Waals surface area (Å²) in [5.41, 5.74) is 0.613. The van der Waals surface area contributed by atoms with Crippen LogP contribution in [0.15, 0.2) is 0 Å². The molecule has 1 fully saturated rings. The summed E-state index contributed by atoms with van der Waals surface area (Å²) in [7, 11) is 0. The standard InChI is InChI=1S/C16H33N/c1-4-7-12-16(6-3,14-17-13-5-2)15-10-8-9-11-15/h15,17H,4-14H2,1-3H3. The molecule has 0 amide bonds. The molecule has 1 atom stereocenters. The van der Waals surface area contributed by atoms with Crippen LogP contribution in [0.2, 0.25) is 0 Å². The van der Waals surface area contributed by atoms with E-state index in [4.69, 9.17) is 0 Å². The van der Waals surface area contributed by atoms with Crippen molar-refractivity contribution in [3.63, 3.8) is 0 Å². The Labute approximate surface area is 109 Å². The lowest BCUT2D eigenvalue weighted by Crippen LogP contribution is -2.39. The third kappa shape index (κ3) is 4.28. The smallest absolute Gasteiger partial charge is 0.00104 e. The summed E-state index contributed by atoms with van der Waals surface area (Å²) in [6.07, 6.45) is 12.8. The molecule has 1 aliphatic rings. The normalized spacial score (nSPS) is 20.6. The first-order valence-electron chi connectivity index (χ1n) is 7.99. The van der Waals surface area contributed by atoms with Crippen molar-refractivity contribution in [3.05, 3.63) is 0 Å². The van der Waals surface area contributed by atoms with E-state index in [1.54, 1.807) is 0 Å². The predicted molar refractivity (Wildman–Crippen MR) is 77.4 cm³/mol. The Balaban J connectivity index is 2.57. The largest absolute Gasteiger partial charge is 0.316 e. The average Bonchev–Trinajstić information content (AvgIpc) is 2.88. The van der Waals surface area contributed by atoms with Crippen LogP contribution in [0, 0.1) is 11.3 Å². The lowest BCUT2D eigenvalue weighted by atomic mass is 9.69. The Morgan fingerprint density at radius 2 is 1.76 bits per heavy atom. The Morgan fingerprint density at radius 3 is 2.29 bits per heavy atom. The summed E-state index contributed by atoms with van der Waals surface area (Å²) in [6, 6.07) is 0. The van der Waals surface area contributed by atoms with Gasteiger partial charge in [-0.25, -0.2) is 0 Å². The molecule has 0 radical (unpaired) electrons. The zero-order valence-corrected chi connectivity index (χ0v) is 12.4. The molecule has 102 valence electrons. The minimum atomic E-state index is 0.613. The number of nitrogens with one attached hydrogen (secondary N) is 1. The first kappa shape index (κ1) is 15.0. The monoisotopic (exact) mass is 239 g/mol. The third-order valence-electron chi connectivity index (χ3n) is 4.86. The van der Waals surface area contributed by atoms with Crippen molar-refractivity contribution in [3.8, 4) is 0 Å². The minimum absolute atomic E-state index is 0.613. The molecule has 0 aliphatic heterocycles.